The van der Waals surface area contributed by atoms with Crippen LogP contribution in [0.5, 0.6) is 0 Å². The lowest BCUT2D eigenvalue weighted by atomic mass is 10.1. The first-order chi connectivity index (χ1) is 15.1. The summed E-state index contributed by atoms with van der Waals surface area (Å²) in [5.74, 6) is -0.804. The van der Waals surface area contributed by atoms with E-state index in [0.29, 0.717) is 11.3 Å². The van der Waals surface area contributed by atoms with Gasteiger partial charge >= 0.3 is 0 Å². The number of fused-ring (bicyclic) bond motifs is 1. The number of carbonyl (C=O) groups excluding carboxylic acids is 2. The van der Waals surface area contributed by atoms with Crippen LogP contribution < -0.4 is 10.2 Å². The Morgan fingerprint density at radius 1 is 1.16 bits per heavy atom. The number of amides is 2. The molecule has 0 radical (unpaired) electrons. The third kappa shape index (κ3) is 5.30. The lowest BCUT2D eigenvalue weighted by Crippen LogP contribution is -2.45. The van der Waals surface area contributed by atoms with E-state index < -0.39 is 15.9 Å². The summed E-state index contributed by atoms with van der Waals surface area (Å²) in [6.07, 6.45) is 1.18. The van der Waals surface area contributed by atoms with Gasteiger partial charge in [0.15, 0.2) is 0 Å². The highest BCUT2D eigenvalue weighted by Crippen LogP contribution is 2.28. The van der Waals surface area contributed by atoms with E-state index in [2.05, 4.69) is 24.1 Å². The van der Waals surface area contributed by atoms with Crippen molar-refractivity contribution in [3.8, 4) is 0 Å². The standard InChI is InChI=1S/C24H31N3O4S/c1-5-26(6-2)19-11-12-21(17(3)15-19)25-23(28)22(13-14-32(4,30)31)27-16-18-9-7-8-10-20(18)24(27)29/h7-12,15,22H,5-6,13-14,16H2,1-4H3,(H,25,28). The van der Waals surface area contributed by atoms with Crippen LogP contribution in [0.4, 0.5) is 11.4 Å². The van der Waals surface area contributed by atoms with E-state index in [4.69, 9.17) is 0 Å². The first kappa shape index (κ1) is 23.8. The van der Waals surface area contributed by atoms with Gasteiger partial charge in [0.2, 0.25) is 5.91 Å². The summed E-state index contributed by atoms with van der Waals surface area (Å²) in [7, 11) is -3.29. The Bertz CT molecular complexity index is 1110. The maximum absolute atomic E-state index is 13.3. The molecule has 172 valence electrons. The highest BCUT2D eigenvalue weighted by Gasteiger charge is 2.36. The van der Waals surface area contributed by atoms with Gasteiger partial charge in [0.1, 0.15) is 15.9 Å². The Kier molecular flexibility index (Phi) is 7.23. The van der Waals surface area contributed by atoms with E-state index in [9.17, 15) is 18.0 Å². The number of benzene rings is 2. The average Bonchev–Trinajstić information content (AvgIpc) is 3.07. The second kappa shape index (κ2) is 9.73. The fourth-order valence-corrected chi connectivity index (χ4v) is 4.72. The van der Waals surface area contributed by atoms with Crippen molar-refractivity contribution in [2.45, 2.75) is 39.8 Å². The van der Waals surface area contributed by atoms with Gasteiger partial charge in [0, 0.05) is 42.8 Å². The molecule has 0 saturated carbocycles. The quantitative estimate of drug-likeness (QED) is 0.625. The number of aryl methyl sites for hydroxylation is 1. The van der Waals surface area contributed by atoms with Gasteiger partial charge in [-0.1, -0.05) is 18.2 Å². The molecule has 2 aromatic rings. The minimum atomic E-state index is -3.29. The van der Waals surface area contributed by atoms with Crippen LogP contribution in [0, 0.1) is 6.92 Å². The smallest absolute Gasteiger partial charge is 0.255 e. The normalized spacial score (nSPS) is 14.2. The molecule has 0 fully saturated rings. The van der Waals surface area contributed by atoms with Crippen LogP contribution in [0.25, 0.3) is 0 Å². The van der Waals surface area contributed by atoms with Crippen LogP contribution >= 0.6 is 0 Å². The first-order valence-corrected chi connectivity index (χ1v) is 12.9. The second-order valence-corrected chi connectivity index (χ2v) is 10.4. The molecule has 1 unspecified atom stereocenters. The van der Waals surface area contributed by atoms with Crippen molar-refractivity contribution < 1.29 is 18.0 Å². The summed E-state index contributed by atoms with van der Waals surface area (Å²) in [6.45, 7) is 8.15. The number of sulfone groups is 1. The average molecular weight is 458 g/mol. The van der Waals surface area contributed by atoms with Gasteiger partial charge in [-0.3, -0.25) is 9.59 Å². The molecule has 1 N–H and O–H groups in total. The minimum Gasteiger partial charge on any atom is -0.372 e. The van der Waals surface area contributed by atoms with Crippen molar-refractivity contribution >= 4 is 33.0 Å². The van der Waals surface area contributed by atoms with E-state index >= 15 is 0 Å². The lowest BCUT2D eigenvalue weighted by Gasteiger charge is -2.27. The fourth-order valence-electron chi connectivity index (χ4n) is 4.07. The number of carbonyl (C=O) groups is 2. The summed E-state index contributed by atoms with van der Waals surface area (Å²) in [5.41, 5.74) is 4.03. The molecule has 2 amide bonds. The molecule has 1 aliphatic rings. The molecule has 0 saturated heterocycles. The summed E-state index contributed by atoms with van der Waals surface area (Å²) in [4.78, 5) is 29.9. The lowest BCUT2D eigenvalue weighted by molar-refractivity contribution is -0.120. The molecule has 1 heterocycles. The third-order valence-corrected chi connectivity index (χ3v) is 6.86. The summed E-state index contributed by atoms with van der Waals surface area (Å²) < 4.78 is 23.6. The molecule has 0 aromatic heterocycles. The van der Waals surface area contributed by atoms with Crippen molar-refractivity contribution in [3.05, 3.63) is 59.2 Å². The van der Waals surface area contributed by atoms with Crippen molar-refractivity contribution in [2.24, 2.45) is 0 Å². The Morgan fingerprint density at radius 3 is 2.44 bits per heavy atom. The largest absolute Gasteiger partial charge is 0.372 e. The van der Waals surface area contributed by atoms with Gasteiger partial charge < -0.3 is 15.1 Å². The zero-order valence-electron chi connectivity index (χ0n) is 19.1. The molecule has 8 heteroatoms. The number of hydrogen-bond donors (Lipinski definition) is 1. The second-order valence-electron chi connectivity index (χ2n) is 8.19. The van der Waals surface area contributed by atoms with Gasteiger partial charge in [-0.25, -0.2) is 8.42 Å². The van der Waals surface area contributed by atoms with Crippen LogP contribution in [0.3, 0.4) is 0 Å². The highest BCUT2D eigenvalue weighted by molar-refractivity contribution is 7.90. The van der Waals surface area contributed by atoms with E-state index in [1.807, 2.05) is 37.3 Å². The maximum atomic E-state index is 13.3. The van der Waals surface area contributed by atoms with Gasteiger partial charge in [-0.15, -0.1) is 0 Å². The summed E-state index contributed by atoms with van der Waals surface area (Å²) in [6, 6.07) is 12.2. The summed E-state index contributed by atoms with van der Waals surface area (Å²) in [5, 5.41) is 2.93. The Morgan fingerprint density at radius 2 is 1.84 bits per heavy atom. The number of hydrogen-bond acceptors (Lipinski definition) is 5. The maximum Gasteiger partial charge on any atom is 0.255 e. The van der Waals surface area contributed by atoms with E-state index in [0.717, 1.165) is 36.2 Å². The molecular weight excluding hydrogens is 426 g/mol. The molecule has 0 spiro atoms. The highest BCUT2D eigenvalue weighted by atomic mass is 32.2. The third-order valence-electron chi connectivity index (χ3n) is 5.89. The molecule has 1 aliphatic heterocycles. The fraction of sp³-hybridized carbons (Fsp3) is 0.417. The predicted octanol–water partition coefficient (Wildman–Crippen LogP) is 3.24. The van der Waals surface area contributed by atoms with Crippen LogP contribution in [0.1, 0.15) is 41.8 Å². The van der Waals surface area contributed by atoms with E-state index in [1.54, 1.807) is 12.1 Å². The van der Waals surface area contributed by atoms with E-state index in [1.165, 1.54) is 4.90 Å². The van der Waals surface area contributed by atoms with Crippen molar-refractivity contribution in [2.75, 3.05) is 35.3 Å². The molecule has 2 aromatic carbocycles. The van der Waals surface area contributed by atoms with Crippen LogP contribution in [0.2, 0.25) is 0 Å². The molecule has 32 heavy (non-hydrogen) atoms. The first-order valence-electron chi connectivity index (χ1n) is 10.9. The van der Waals surface area contributed by atoms with Crippen LogP contribution in [-0.4, -0.2) is 56.3 Å². The molecule has 3 rings (SSSR count). The van der Waals surface area contributed by atoms with Gasteiger partial charge in [-0.05, 0) is 62.6 Å². The van der Waals surface area contributed by atoms with Gasteiger partial charge in [0.25, 0.3) is 5.91 Å². The van der Waals surface area contributed by atoms with Gasteiger partial charge in [-0.2, -0.15) is 0 Å². The number of anilines is 2. The minimum absolute atomic E-state index is 0.0426. The van der Waals surface area contributed by atoms with Crippen molar-refractivity contribution in [1.29, 1.82) is 0 Å². The SMILES string of the molecule is CCN(CC)c1ccc(NC(=O)C(CCS(C)(=O)=O)N2Cc3ccccc3C2=O)c(C)c1. The predicted molar refractivity (Wildman–Crippen MR) is 128 cm³/mol. The molecule has 7 nitrogen and oxygen atoms in total. The zero-order chi connectivity index (χ0) is 23.5. The van der Waals surface area contributed by atoms with Crippen molar-refractivity contribution in [1.82, 2.24) is 4.90 Å². The van der Waals surface area contributed by atoms with Gasteiger partial charge in [0.05, 0.1) is 5.75 Å². The molecule has 1 atom stereocenters. The van der Waals surface area contributed by atoms with Crippen LogP contribution in [0.15, 0.2) is 42.5 Å². The van der Waals surface area contributed by atoms with Crippen molar-refractivity contribution in [3.63, 3.8) is 0 Å². The summed E-state index contributed by atoms with van der Waals surface area (Å²) >= 11 is 0. The molecule has 0 aliphatic carbocycles. The zero-order valence-corrected chi connectivity index (χ0v) is 19.9. The van der Waals surface area contributed by atoms with E-state index in [-0.39, 0.29) is 30.5 Å². The Hall–Kier alpha value is -2.87. The number of nitrogens with one attached hydrogen (secondary N) is 1. The monoisotopic (exact) mass is 457 g/mol. The Labute approximate surface area is 190 Å². The number of rotatable bonds is 9. The number of nitrogens with zero attached hydrogens (tertiary/aromatic N) is 2. The van der Waals surface area contributed by atoms with Crippen LogP contribution in [-0.2, 0) is 21.2 Å². The molecular formula is C24H31N3O4S. The Balaban J connectivity index is 1.84. The topological polar surface area (TPSA) is 86.8 Å². The molecule has 0 bridgehead atoms.